The average molecular weight is 376 g/mol. The molecule has 0 radical (unpaired) electrons. The Morgan fingerprint density at radius 1 is 1.07 bits per heavy atom. The van der Waals surface area contributed by atoms with Crippen LogP contribution < -0.4 is 19.5 Å². The van der Waals surface area contributed by atoms with E-state index in [1.54, 1.807) is 13.2 Å². The molecule has 1 aliphatic heterocycles. The summed E-state index contributed by atoms with van der Waals surface area (Å²) in [5, 5.41) is 4.53. The number of amides is 1. The Labute approximate surface area is 159 Å². The van der Waals surface area contributed by atoms with Crippen molar-refractivity contribution in [2.45, 2.75) is 6.54 Å². The second-order valence-electron chi connectivity index (χ2n) is 6.42. The van der Waals surface area contributed by atoms with Crippen molar-refractivity contribution in [3.8, 4) is 17.2 Å². The summed E-state index contributed by atoms with van der Waals surface area (Å²) in [7, 11) is 1.62. The van der Waals surface area contributed by atoms with E-state index < -0.39 is 0 Å². The van der Waals surface area contributed by atoms with Gasteiger partial charge in [-0.05, 0) is 48.0 Å². The van der Waals surface area contributed by atoms with Gasteiger partial charge in [0.15, 0.2) is 17.3 Å². The molecule has 2 aromatic heterocycles. The van der Waals surface area contributed by atoms with E-state index in [1.165, 1.54) is 0 Å². The van der Waals surface area contributed by atoms with E-state index in [-0.39, 0.29) is 18.5 Å². The van der Waals surface area contributed by atoms with Crippen molar-refractivity contribution in [2.75, 3.05) is 13.9 Å². The monoisotopic (exact) mass is 376 g/mol. The Balaban J connectivity index is 1.37. The van der Waals surface area contributed by atoms with Gasteiger partial charge in [-0.15, -0.1) is 0 Å². The van der Waals surface area contributed by atoms with Gasteiger partial charge in [0, 0.05) is 17.3 Å². The highest BCUT2D eigenvalue weighted by Crippen LogP contribution is 2.32. The third-order valence-corrected chi connectivity index (χ3v) is 4.62. The van der Waals surface area contributed by atoms with Crippen LogP contribution in [-0.4, -0.2) is 24.8 Å². The van der Waals surface area contributed by atoms with E-state index in [1.807, 2.05) is 42.5 Å². The molecule has 2 aromatic carbocycles. The van der Waals surface area contributed by atoms with E-state index >= 15 is 0 Å². The number of methoxy groups -OCH3 is 1. The molecule has 0 spiro atoms. The Hall–Kier alpha value is -3.74. The van der Waals surface area contributed by atoms with Crippen molar-refractivity contribution in [2.24, 2.45) is 0 Å². The van der Waals surface area contributed by atoms with Crippen LogP contribution in [0.4, 0.5) is 0 Å². The topological polar surface area (TPSA) is 82.8 Å². The number of carbonyl (C=O) groups excluding carboxylic acids is 1. The van der Waals surface area contributed by atoms with E-state index in [9.17, 15) is 4.79 Å². The Kier molecular flexibility index (Phi) is 3.79. The highest BCUT2D eigenvalue weighted by molar-refractivity contribution is 5.98. The molecule has 4 aromatic rings. The number of hydrogen-bond acceptors (Lipinski definition) is 6. The van der Waals surface area contributed by atoms with Gasteiger partial charge in [-0.25, -0.2) is 4.98 Å². The van der Waals surface area contributed by atoms with Crippen LogP contribution in [0.2, 0.25) is 0 Å². The lowest BCUT2D eigenvalue weighted by Crippen LogP contribution is -2.22. The van der Waals surface area contributed by atoms with Gasteiger partial charge in [0.05, 0.1) is 12.6 Å². The molecule has 0 atom stereocenters. The number of fused-ring (bicyclic) bond motifs is 3. The maximum absolute atomic E-state index is 12.5. The van der Waals surface area contributed by atoms with Gasteiger partial charge in [-0.2, -0.15) is 0 Å². The predicted octanol–water partition coefficient (Wildman–Crippen LogP) is 3.65. The third kappa shape index (κ3) is 2.87. The molecule has 28 heavy (non-hydrogen) atoms. The smallest absolute Gasteiger partial charge is 0.287 e. The number of benzene rings is 2. The highest BCUT2D eigenvalue weighted by Gasteiger charge is 2.16. The fraction of sp³-hybridized carbons (Fsp3) is 0.143. The maximum Gasteiger partial charge on any atom is 0.287 e. The van der Waals surface area contributed by atoms with Gasteiger partial charge in [0.1, 0.15) is 5.75 Å². The minimum absolute atomic E-state index is 0.213. The fourth-order valence-electron chi connectivity index (χ4n) is 3.17. The molecule has 7 heteroatoms. The van der Waals surface area contributed by atoms with Crippen LogP contribution in [0, 0.1) is 0 Å². The van der Waals surface area contributed by atoms with Gasteiger partial charge in [0.25, 0.3) is 5.91 Å². The number of nitrogens with zero attached hydrogens (tertiary/aromatic N) is 1. The minimum Gasteiger partial charge on any atom is -0.497 e. The van der Waals surface area contributed by atoms with Crippen LogP contribution in [0.1, 0.15) is 16.1 Å². The number of pyridine rings is 1. The van der Waals surface area contributed by atoms with Crippen molar-refractivity contribution < 1.29 is 23.4 Å². The molecule has 5 rings (SSSR count). The molecule has 0 saturated carbocycles. The van der Waals surface area contributed by atoms with Crippen LogP contribution >= 0.6 is 0 Å². The molecular formula is C21H16N2O5. The van der Waals surface area contributed by atoms with Gasteiger partial charge < -0.3 is 23.9 Å². The quantitative estimate of drug-likeness (QED) is 0.585. The number of rotatable bonds is 4. The predicted molar refractivity (Wildman–Crippen MR) is 102 cm³/mol. The summed E-state index contributed by atoms with van der Waals surface area (Å²) in [6.45, 7) is 0.566. The summed E-state index contributed by atoms with van der Waals surface area (Å²) in [5.74, 6) is 2.05. The second-order valence-corrected chi connectivity index (χ2v) is 6.42. The molecule has 1 aliphatic rings. The van der Waals surface area contributed by atoms with E-state index in [0.29, 0.717) is 23.8 Å². The third-order valence-electron chi connectivity index (χ3n) is 4.62. The SMILES string of the molecule is COc1ccc2nc3oc(C(=O)NCc4ccc5c(c4)OCO5)cc3cc2c1. The first-order valence-electron chi connectivity index (χ1n) is 8.75. The molecule has 0 saturated heterocycles. The summed E-state index contributed by atoms with van der Waals surface area (Å²) in [4.78, 5) is 17.0. The van der Waals surface area contributed by atoms with Crippen LogP contribution in [0.5, 0.6) is 17.2 Å². The van der Waals surface area contributed by atoms with Crippen LogP contribution in [-0.2, 0) is 6.54 Å². The number of nitrogens with one attached hydrogen (secondary N) is 1. The first-order chi connectivity index (χ1) is 13.7. The lowest BCUT2D eigenvalue weighted by atomic mass is 10.2. The van der Waals surface area contributed by atoms with Gasteiger partial charge >= 0.3 is 0 Å². The molecule has 0 fully saturated rings. The Bertz CT molecular complexity index is 1210. The molecule has 0 aliphatic carbocycles. The number of aromatic nitrogens is 1. The van der Waals surface area contributed by atoms with Crippen molar-refractivity contribution in [1.82, 2.24) is 10.3 Å². The summed E-state index contributed by atoms with van der Waals surface area (Å²) < 4.78 is 21.5. The number of carbonyl (C=O) groups is 1. The zero-order valence-electron chi connectivity index (χ0n) is 15.0. The molecule has 0 bridgehead atoms. The normalized spacial score (nSPS) is 12.5. The average Bonchev–Trinajstić information content (AvgIpc) is 3.35. The van der Waals surface area contributed by atoms with Crippen molar-refractivity contribution in [3.05, 3.63) is 59.9 Å². The zero-order valence-corrected chi connectivity index (χ0v) is 15.0. The largest absolute Gasteiger partial charge is 0.497 e. The van der Waals surface area contributed by atoms with E-state index in [0.717, 1.165) is 27.6 Å². The lowest BCUT2D eigenvalue weighted by molar-refractivity contribution is 0.0925. The number of furan rings is 1. The Morgan fingerprint density at radius 3 is 2.86 bits per heavy atom. The number of hydrogen-bond donors (Lipinski definition) is 1. The molecule has 1 amide bonds. The minimum atomic E-state index is -0.308. The molecule has 7 nitrogen and oxygen atoms in total. The summed E-state index contributed by atoms with van der Waals surface area (Å²) >= 11 is 0. The zero-order chi connectivity index (χ0) is 19.1. The van der Waals surface area contributed by atoms with E-state index in [2.05, 4.69) is 10.3 Å². The molecule has 3 heterocycles. The lowest BCUT2D eigenvalue weighted by Gasteiger charge is -2.04. The van der Waals surface area contributed by atoms with Gasteiger partial charge in [-0.3, -0.25) is 4.79 Å². The molecule has 140 valence electrons. The van der Waals surface area contributed by atoms with Gasteiger partial charge in [-0.1, -0.05) is 6.07 Å². The highest BCUT2D eigenvalue weighted by atomic mass is 16.7. The van der Waals surface area contributed by atoms with Crippen molar-refractivity contribution >= 4 is 27.9 Å². The van der Waals surface area contributed by atoms with Crippen LogP contribution in [0.25, 0.3) is 22.0 Å². The first kappa shape index (κ1) is 16.4. The van der Waals surface area contributed by atoms with Crippen LogP contribution in [0.3, 0.4) is 0 Å². The number of ether oxygens (including phenoxy) is 3. The Morgan fingerprint density at radius 2 is 1.96 bits per heavy atom. The summed E-state index contributed by atoms with van der Waals surface area (Å²) in [6.07, 6.45) is 0. The standard InChI is InChI=1S/C21H16N2O5/c1-25-15-3-4-16-13(8-15)7-14-9-19(28-21(14)23-16)20(24)22-10-12-2-5-17-18(6-12)27-11-26-17/h2-9H,10-11H2,1H3,(H,22,24). The first-order valence-corrected chi connectivity index (χ1v) is 8.75. The second kappa shape index (κ2) is 6.45. The fourth-order valence-corrected chi connectivity index (χ4v) is 3.17. The van der Waals surface area contributed by atoms with Crippen LogP contribution in [0.15, 0.2) is 52.9 Å². The van der Waals surface area contributed by atoms with Gasteiger partial charge in [0.2, 0.25) is 12.5 Å². The molecule has 0 unspecified atom stereocenters. The summed E-state index contributed by atoms with van der Waals surface area (Å²) in [6, 6.07) is 14.8. The molecule has 1 N–H and O–H groups in total. The molecular weight excluding hydrogens is 360 g/mol. The van der Waals surface area contributed by atoms with E-state index in [4.69, 9.17) is 18.6 Å². The maximum atomic E-state index is 12.5. The van der Waals surface area contributed by atoms with Crippen molar-refractivity contribution in [1.29, 1.82) is 0 Å². The summed E-state index contributed by atoms with van der Waals surface area (Å²) in [5.41, 5.74) is 2.10. The van der Waals surface area contributed by atoms with Crippen molar-refractivity contribution in [3.63, 3.8) is 0 Å².